The van der Waals surface area contributed by atoms with Crippen molar-refractivity contribution in [3.63, 3.8) is 0 Å². The van der Waals surface area contributed by atoms with Crippen LogP contribution < -0.4 is 0 Å². The molecule has 1 atom stereocenters. The largest absolute Gasteiger partial charge is 0.469 e. The lowest BCUT2D eigenvalue weighted by Gasteiger charge is -2.20. The van der Waals surface area contributed by atoms with Crippen molar-refractivity contribution in [1.82, 2.24) is 4.31 Å². The van der Waals surface area contributed by atoms with Gasteiger partial charge >= 0.3 is 5.97 Å². The van der Waals surface area contributed by atoms with Crippen LogP contribution in [0.4, 0.5) is 4.39 Å². The molecule has 1 aromatic carbocycles. The summed E-state index contributed by atoms with van der Waals surface area (Å²) in [6.07, 6.45) is 0. The molecular weight excluding hydrogens is 353 g/mol. The van der Waals surface area contributed by atoms with Gasteiger partial charge in [-0.3, -0.25) is 4.79 Å². The molecule has 0 fully saturated rings. The van der Waals surface area contributed by atoms with Crippen molar-refractivity contribution in [2.75, 3.05) is 20.7 Å². The second kappa shape index (κ2) is 6.64. The Bertz CT molecular complexity index is 605. The van der Waals surface area contributed by atoms with Crippen molar-refractivity contribution in [1.29, 1.82) is 0 Å². The summed E-state index contributed by atoms with van der Waals surface area (Å²) in [5.74, 6) is -1.63. The Labute approximate surface area is 125 Å². The summed E-state index contributed by atoms with van der Waals surface area (Å²) in [4.78, 5) is 11.3. The predicted octanol–water partition coefficient (Wildman–Crippen LogP) is 2.02. The molecule has 1 aromatic rings. The van der Waals surface area contributed by atoms with Crippen LogP contribution >= 0.6 is 15.9 Å². The summed E-state index contributed by atoms with van der Waals surface area (Å²) in [6.45, 7) is 1.54. The number of carbonyl (C=O) groups is 1. The molecule has 0 saturated carbocycles. The Morgan fingerprint density at radius 2 is 2.10 bits per heavy atom. The van der Waals surface area contributed by atoms with Crippen molar-refractivity contribution < 1.29 is 22.3 Å². The van der Waals surface area contributed by atoms with Crippen LogP contribution in [0, 0.1) is 11.7 Å². The van der Waals surface area contributed by atoms with Gasteiger partial charge in [0.25, 0.3) is 0 Å². The van der Waals surface area contributed by atoms with Gasteiger partial charge < -0.3 is 4.74 Å². The number of sulfonamides is 1. The highest BCUT2D eigenvalue weighted by Crippen LogP contribution is 2.25. The second-order valence-corrected chi connectivity index (χ2v) is 7.15. The van der Waals surface area contributed by atoms with E-state index in [-0.39, 0.29) is 15.9 Å². The summed E-state index contributed by atoms with van der Waals surface area (Å²) in [5.41, 5.74) is 0. The second-order valence-electron chi connectivity index (χ2n) is 4.28. The summed E-state index contributed by atoms with van der Waals surface area (Å²) in [6, 6.07) is 3.31. The van der Waals surface area contributed by atoms with Gasteiger partial charge in [0.1, 0.15) is 5.82 Å². The van der Waals surface area contributed by atoms with Gasteiger partial charge in [-0.1, -0.05) is 6.92 Å². The van der Waals surface area contributed by atoms with E-state index < -0.39 is 27.7 Å². The lowest BCUT2D eigenvalue weighted by Crippen LogP contribution is -2.34. The standard InChI is InChI=1S/C12H15BrFNO4S/c1-8(12(16)19-3)7-15(2)20(17,18)11-5-4-9(14)6-10(11)13/h4-6,8H,7H2,1-3H3. The van der Waals surface area contributed by atoms with Crippen LogP contribution in [0.1, 0.15) is 6.92 Å². The molecule has 0 spiro atoms. The number of carbonyl (C=O) groups excluding carboxylic acids is 1. The normalized spacial score (nSPS) is 13.3. The molecule has 0 N–H and O–H groups in total. The zero-order valence-corrected chi connectivity index (χ0v) is 13.7. The van der Waals surface area contributed by atoms with Crippen LogP contribution in [0.25, 0.3) is 0 Å². The third kappa shape index (κ3) is 3.77. The van der Waals surface area contributed by atoms with Crippen molar-refractivity contribution in [2.24, 2.45) is 5.92 Å². The van der Waals surface area contributed by atoms with E-state index in [0.717, 1.165) is 16.4 Å². The van der Waals surface area contributed by atoms with E-state index in [1.54, 1.807) is 6.92 Å². The molecule has 0 heterocycles. The first kappa shape index (κ1) is 17.1. The maximum Gasteiger partial charge on any atom is 0.309 e. The van der Waals surface area contributed by atoms with Crippen molar-refractivity contribution >= 4 is 31.9 Å². The Morgan fingerprint density at radius 1 is 1.50 bits per heavy atom. The van der Waals surface area contributed by atoms with Crippen molar-refractivity contribution in [2.45, 2.75) is 11.8 Å². The predicted molar refractivity (Wildman–Crippen MR) is 75.1 cm³/mol. The maximum atomic E-state index is 13.0. The number of hydrogen-bond donors (Lipinski definition) is 0. The maximum absolute atomic E-state index is 13.0. The van der Waals surface area contributed by atoms with Crippen LogP contribution in [-0.2, 0) is 19.6 Å². The van der Waals surface area contributed by atoms with Crippen LogP contribution in [0.2, 0.25) is 0 Å². The van der Waals surface area contributed by atoms with E-state index in [0.29, 0.717) is 0 Å². The fraction of sp³-hybridized carbons (Fsp3) is 0.417. The van der Waals surface area contributed by atoms with Gasteiger partial charge in [0.2, 0.25) is 10.0 Å². The molecule has 0 bridgehead atoms. The average Bonchev–Trinajstić information content (AvgIpc) is 2.36. The molecule has 0 aliphatic rings. The average molecular weight is 368 g/mol. The highest BCUT2D eigenvalue weighted by atomic mass is 79.9. The molecular formula is C12H15BrFNO4S. The van der Waals surface area contributed by atoms with Gasteiger partial charge in [-0.15, -0.1) is 0 Å². The van der Waals surface area contributed by atoms with E-state index in [2.05, 4.69) is 20.7 Å². The van der Waals surface area contributed by atoms with E-state index in [9.17, 15) is 17.6 Å². The molecule has 1 rings (SSSR count). The third-order valence-electron chi connectivity index (χ3n) is 2.72. The first-order valence-corrected chi connectivity index (χ1v) is 7.92. The van der Waals surface area contributed by atoms with Gasteiger partial charge in [-0.25, -0.2) is 17.1 Å². The number of hydrogen-bond acceptors (Lipinski definition) is 4. The quantitative estimate of drug-likeness (QED) is 0.746. The minimum atomic E-state index is -3.81. The number of ether oxygens (including phenoxy) is 1. The summed E-state index contributed by atoms with van der Waals surface area (Å²) < 4.78 is 43.4. The van der Waals surface area contributed by atoms with Gasteiger partial charge in [0, 0.05) is 18.1 Å². The molecule has 0 radical (unpaired) electrons. The first-order valence-electron chi connectivity index (χ1n) is 5.69. The summed E-state index contributed by atoms with van der Waals surface area (Å²) in [7, 11) is -1.22. The van der Waals surface area contributed by atoms with Gasteiger partial charge in [0.05, 0.1) is 17.9 Å². The minimum Gasteiger partial charge on any atom is -0.469 e. The molecule has 1 unspecified atom stereocenters. The topological polar surface area (TPSA) is 63.7 Å². The molecule has 5 nitrogen and oxygen atoms in total. The number of benzene rings is 1. The SMILES string of the molecule is COC(=O)C(C)CN(C)S(=O)(=O)c1ccc(F)cc1Br. The molecule has 112 valence electrons. The van der Waals surface area contributed by atoms with E-state index >= 15 is 0 Å². The van der Waals surface area contributed by atoms with Crippen molar-refractivity contribution in [3.05, 3.63) is 28.5 Å². The molecule has 0 saturated heterocycles. The lowest BCUT2D eigenvalue weighted by molar-refractivity contribution is -0.144. The minimum absolute atomic E-state index is 0.0289. The number of esters is 1. The number of halogens is 2. The van der Waals surface area contributed by atoms with E-state index in [1.807, 2.05) is 0 Å². The third-order valence-corrected chi connectivity index (χ3v) is 5.52. The molecule has 0 aliphatic carbocycles. The van der Waals surface area contributed by atoms with Gasteiger partial charge in [-0.05, 0) is 34.1 Å². The zero-order chi connectivity index (χ0) is 15.5. The van der Waals surface area contributed by atoms with Crippen LogP contribution in [-0.4, -0.2) is 39.4 Å². The van der Waals surface area contributed by atoms with E-state index in [1.165, 1.54) is 20.2 Å². The van der Waals surface area contributed by atoms with Crippen LogP contribution in [0.3, 0.4) is 0 Å². The Hall–Kier alpha value is -0.990. The smallest absolute Gasteiger partial charge is 0.309 e. The van der Waals surface area contributed by atoms with Crippen molar-refractivity contribution in [3.8, 4) is 0 Å². The highest BCUT2D eigenvalue weighted by molar-refractivity contribution is 9.10. The van der Waals surface area contributed by atoms with Gasteiger partial charge in [0.15, 0.2) is 0 Å². The Kier molecular flexibility index (Phi) is 5.67. The number of rotatable bonds is 5. The fourth-order valence-corrected chi connectivity index (χ4v) is 3.88. The molecule has 0 aromatic heterocycles. The van der Waals surface area contributed by atoms with Crippen LogP contribution in [0.5, 0.6) is 0 Å². The monoisotopic (exact) mass is 367 g/mol. The Morgan fingerprint density at radius 3 is 2.60 bits per heavy atom. The number of nitrogens with zero attached hydrogens (tertiary/aromatic N) is 1. The Balaban J connectivity index is 3.01. The zero-order valence-electron chi connectivity index (χ0n) is 11.3. The van der Waals surface area contributed by atoms with E-state index in [4.69, 9.17) is 0 Å². The fourth-order valence-electron chi connectivity index (χ4n) is 1.61. The van der Waals surface area contributed by atoms with Crippen LogP contribution in [0.15, 0.2) is 27.6 Å². The number of methoxy groups -OCH3 is 1. The summed E-state index contributed by atoms with van der Waals surface area (Å²) >= 11 is 3.02. The molecule has 20 heavy (non-hydrogen) atoms. The summed E-state index contributed by atoms with van der Waals surface area (Å²) in [5, 5.41) is 0. The molecule has 0 amide bonds. The highest BCUT2D eigenvalue weighted by Gasteiger charge is 2.27. The molecule has 0 aliphatic heterocycles. The lowest BCUT2D eigenvalue weighted by atomic mass is 10.2. The first-order chi connectivity index (χ1) is 9.20. The van der Waals surface area contributed by atoms with Gasteiger partial charge in [-0.2, -0.15) is 0 Å². The molecule has 8 heteroatoms.